The van der Waals surface area contributed by atoms with Crippen molar-refractivity contribution in [3.05, 3.63) is 23.3 Å². The van der Waals surface area contributed by atoms with Crippen LogP contribution in [0.15, 0.2) is 17.0 Å². The van der Waals surface area contributed by atoms with Gasteiger partial charge in [-0.3, -0.25) is 0 Å². The molecule has 0 saturated heterocycles. The fourth-order valence-corrected chi connectivity index (χ4v) is 3.92. The molecule has 1 fully saturated rings. The minimum absolute atomic E-state index is 0.0156. The lowest BCUT2D eigenvalue weighted by atomic mass is 10.1. The molecule has 1 aliphatic rings. The molecule has 0 spiro atoms. The molecule has 3 N–H and O–H groups in total. The fourth-order valence-electron chi connectivity index (χ4n) is 2.08. The van der Waals surface area contributed by atoms with E-state index in [0.29, 0.717) is 11.3 Å². The van der Waals surface area contributed by atoms with Gasteiger partial charge >= 0.3 is 0 Å². The molecular formula is C13H20N2O2S. The van der Waals surface area contributed by atoms with Gasteiger partial charge in [0, 0.05) is 6.04 Å². The van der Waals surface area contributed by atoms with Gasteiger partial charge < -0.3 is 5.73 Å². The minimum Gasteiger partial charge on any atom is -0.397 e. The highest BCUT2D eigenvalue weighted by Gasteiger charge is 2.48. The quantitative estimate of drug-likeness (QED) is 0.823. The van der Waals surface area contributed by atoms with Crippen molar-refractivity contribution in [2.75, 3.05) is 5.73 Å². The average Bonchev–Trinajstić information content (AvgIpc) is 2.79. The van der Waals surface area contributed by atoms with Crippen LogP contribution in [-0.4, -0.2) is 14.5 Å². The standard InChI is InChI=1S/C13H20N2O2S/c1-8-5-6-9(2)12(11(8)14)18(16,17)15-10-7-13(10,3)4/h5-6,10,15H,7,14H2,1-4H3. The molecular weight excluding hydrogens is 248 g/mol. The number of sulfonamides is 1. The molecule has 0 aromatic heterocycles. The van der Waals surface area contributed by atoms with Gasteiger partial charge in [0.15, 0.2) is 0 Å². The Bertz CT molecular complexity index is 591. The Morgan fingerprint density at radius 2 is 1.78 bits per heavy atom. The zero-order valence-corrected chi connectivity index (χ0v) is 12.1. The predicted molar refractivity (Wildman–Crippen MR) is 72.8 cm³/mol. The van der Waals surface area contributed by atoms with Gasteiger partial charge in [-0.2, -0.15) is 0 Å². The van der Waals surface area contributed by atoms with Crippen molar-refractivity contribution in [1.82, 2.24) is 4.72 Å². The van der Waals surface area contributed by atoms with Gasteiger partial charge in [-0.25, -0.2) is 13.1 Å². The number of hydrogen-bond acceptors (Lipinski definition) is 3. The summed E-state index contributed by atoms with van der Waals surface area (Å²) in [6.07, 6.45) is 0.872. The van der Waals surface area contributed by atoms with Crippen LogP contribution in [0.25, 0.3) is 0 Å². The third-order valence-electron chi connectivity index (χ3n) is 3.69. The van der Waals surface area contributed by atoms with E-state index in [1.807, 2.05) is 26.8 Å². The molecule has 1 aromatic carbocycles. The highest BCUT2D eigenvalue weighted by atomic mass is 32.2. The van der Waals surface area contributed by atoms with E-state index in [0.717, 1.165) is 12.0 Å². The molecule has 0 aliphatic heterocycles. The lowest BCUT2D eigenvalue weighted by molar-refractivity contribution is 0.555. The molecule has 4 nitrogen and oxygen atoms in total. The zero-order valence-electron chi connectivity index (χ0n) is 11.2. The van der Waals surface area contributed by atoms with E-state index in [1.165, 1.54) is 0 Å². The molecule has 1 unspecified atom stereocenters. The average molecular weight is 268 g/mol. The van der Waals surface area contributed by atoms with E-state index in [-0.39, 0.29) is 16.4 Å². The summed E-state index contributed by atoms with van der Waals surface area (Å²) in [6.45, 7) is 7.68. The van der Waals surface area contributed by atoms with Crippen molar-refractivity contribution in [2.45, 2.75) is 45.1 Å². The summed E-state index contributed by atoms with van der Waals surface area (Å²) in [5.41, 5.74) is 7.79. The molecule has 100 valence electrons. The van der Waals surface area contributed by atoms with Gasteiger partial charge in [-0.15, -0.1) is 0 Å². The molecule has 2 rings (SSSR count). The largest absolute Gasteiger partial charge is 0.397 e. The molecule has 0 radical (unpaired) electrons. The van der Waals surface area contributed by atoms with Crippen LogP contribution in [0, 0.1) is 19.3 Å². The summed E-state index contributed by atoms with van der Waals surface area (Å²) in [5, 5.41) is 0. The maximum atomic E-state index is 12.4. The van der Waals surface area contributed by atoms with Crippen LogP contribution >= 0.6 is 0 Å². The Hall–Kier alpha value is -1.07. The van der Waals surface area contributed by atoms with E-state index in [2.05, 4.69) is 4.72 Å². The van der Waals surface area contributed by atoms with E-state index in [4.69, 9.17) is 5.73 Å². The maximum Gasteiger partial charge on any atom is 0.243 e. The summed E-state index contributed by atoms with van der Waals surface area (Å²) in [5.74, 6) is 0. The molecule has 0 amide bonds. The van der Waals surface area contributed by atoms with Crippen molar-refractivity contribution in [3.63, 3.8) is 0 Å². The van der Waals surface area contributed by atoms with Crippen molar-refractivity contribution in [3.8, 4) is 0 Å². The van der Waals surface area contributed by atoms with Gasteiger partial charge in [0.05, 0.1) is 5.69 Å². The van der Waals surface area contributed by atoms with E-state index >= 15 is 0 Å². The van der Waals surface area contributed by atoms with Crippen molar-refractivity contribution in [2.24, 2.45) is 5.41 Å². The number of rotatable bonds is 3. The molecule has 1 aliphatic carbocycles. The fraction of sp³-hybridized carbons (Fsp3) is 0.538. The molecule has 1 atom stereocenters. The first kappa shape index (κ1) is 13.4. The second kappa shape index (κ2) is 3.96. The maximum absolute atomic E-state index is 12.4. The Morgan fingerprint density at radius 3 is 2.28 bits per heavy atom. The number of aryl methyl sites for hydroxylation is 2. The van der Waals surface area contributed by atoms with Crippen LogP contribution in [0.5, 0.6) is 0 Å². The zero-order chi connectivity index (χ0) is 13.7. The Labute approximate surface area is 109 Å². The molecule has 1 aromatic rings. The number of anilines is 1. The Kier molecular flexibility index (Phi) is 2.94. The molecule has 1 saturated carbocycles. The van der Waals surface area contributed by atoms with Crippen LogP contribution in [-0.2, 0) is 10.0 Å². The van der Waals surface area contributed by atoms with E-state index in [9.17, 15) is 8.42 Å². The third kappa shape index (κ3) is 2.24. The lowest BCUT2D eigenvalue weighted by Gasteiger charge is -2.14. The Morgan fingerprint density at radius 1 is 1.28 bits per heavy atom. The summed E-state index contributed by atoms with van der Waals surface area (Å²) < 4.78 is 27.5. The van der Waals surface area contributed by atoms with Crippen LogP contribution in [0.1, 0.15) is 31.4 Å². The molecule has 18 heavy (non-hydrogen) atoms. The van der Waals surface area contributed by atoms with Crippen LogP contribution in [0.3, 0.4) is 0 Å². The highest BCUT2D eigenvalue weighted by Crippen LogP contribution is 2.45. The van der Waals surface area contributed by atoms with Crippen LogP contribution in [0.2, 0.25) is 0 Å². The summed E-state index contributed by atoms with van der Waals surface area (Å²) in [6, 6.07) is 3.64. The summed E-state index contributed by atoms with van der Waals surface area (Å²) >= 11 is 0. The monoisotopic (exact) mass is 268 g/mol. The number of nitrogen functional groups attached to an aromatic ring is 1. The molecule has 0 heterocycles. The molecule has 5 heteroatoms. The van der Waals surface area contributed by atoms with E-state index < -0.39 is 10.0 Å². The number of hydrogen-bond donors (Lipinski definition) is 2. The first-order valence-corrected chi connectivity index (χ1v) is 7.51. The van der Waals surface area contributed by atoms with E-state index in [1.54, 1.807) is 13.0 Å². The van der Waals surface area contributed by atoms with Crippen LogP contribution < -0.4 is 10.5 Å². The van der Waals surface area contributed by atoms with Gasteiger partial charge in [-0.05, 0) is 36.8 Å². The summed E-state index contributed by atoms with van der Waals surface area (Å²) in [4.78, 5) is 0.227. The Balaban J connectivity index is 2.39. The van der Waals surface area contributed by atoms with Crippen molar-refractivity contribution < 1.29 is 8.42 Å². The first-order valence-electron chi connectivity index (χ1n) is 6.03. The first-order chi connectivity index (χ1) is 8.15. The van der Waals surface area contributed by atoms with Gasteiger partial charge in [0.2, 0.25) is 10.0 Å². The number of benzene rings is 1. The van der Waals surface area contributed by atoms with Gasteiger partial charge in [0.25, 0.3) is 0 Å². The predicted octanol–water partition coefficient (Wildman–Crippen LogP) is 1.96. The smallest absolute Gasteiger partial charge is 0.243 e. The minimum atomic E-state index is -3.53. The van der Waals surface area contributed by atoms with Crippen molar-refractivity contribution in [1.29, 1.82) is 0 Å². The second-order valence-electron chi connectivity index (χ2n) is 5.81. The third-order valence-corrected chi connectivity index (χ3v) is 5.36. The summed E-state index contributed by atoms with van der Waals surface area (Å²) in [7, 11) is -3.53. The van der Waals surface area contributed by atoms with Crippen molar-refractivity contribution >= 4 is 15.7 Å². The van der Waals surface area contributed by atoms with Crippen LogP contribution in [0.4, 0.5) is 5.69 Å². The second-order valence-corrected chi connectivity index (χ2v) is 7.46. The number of nitrogens with two attached hydrogens (primary N) is 1. The normalized spacial score (nSPS) is 21.9. The van der Waals surface area contributed by atoms with Gasteiger partial charge in [0.1, 0.15) is 4.90 Å². The lowest BCUT2D eigenvalue weighted by Crippen LogP contribution is -2.30. The highest BCUT2D eigenvalue weighted by molar-refractivity contribution is 7.89. The van der Waals surface area contributed by atoms with Gasteiger partial charge in [-0.1, -0.05) is 26.0 Å². The topological polar surface area (TPSA) is 72.2 Å². The SMILES string of the molecule is Cc1ccc(C)c(S(=O)(=O)NC2CC2(C)C)c1N. The molecule has 0 bridgehead atoms. The number of nitrogens with one attached hydrogen (secondary N) is 1.